The zero-order chi connectivity index (χ0) is 14.2. The Bertz CT molecular complexity index is 317. The van der Waals surface area contributed by atoms with Gasteiger partial charge in [-0.25, -0.2) is 0 Å². The van der Waals surface area contributed by atoms with E-state index in [4.69, 9.17) is 4.74 Å². The second kappa shape index (κ2) is 8.67. The molecule has 0 N–H and O–H groups in total. The molecule has 103 valence electrons. The van der Waals surface area contributed by atoms with Crippen LogP contribution in [0.3, 0.4) is 0 Å². The van der Waals surface area contributed by atoms with Crippen molar-refractivity contribution in [1.29, 1.82) is 0 Å². The van der Waals surface area contributed by atoms with Gasteiger partial charge in [-0.3, -0.25) is 0 Å². The van der Waals surface area contributed by atoms with Gasteiger partial charge in [0.05, 0.1) is 12.2 Å². The van der Waals surface area contributed by atoms with Gasteiger partial charge in [-0.05, 0) is 37.6 Å². The maximum atomic E-state index is 12.1. The van der Waals surface area contributed by atoms with Gasteiger partial charge in [0.25, 0.3) is 0 Å². The van der Waals surface area contributed by atoms with E-state index in [0.29, 0.717) is 18.8 Å². The molecule has 1 radical (unpaired) electrons. The molecule has 1 aromatic carbocycles. The molecule has 0 aliphatic heterocycles. The Kier molecular flexibility index (Phi) is 8.48. The maximum absolute atomic E-state index is 12.1. The predicted molar refractivity (Wildman–Crippen MR) is 71.7 cm³/mol. The van der Waals surface area contributed by atoms with Gasteiger partial charge in [0, 0.05) is 0 Å². The summed E-state index contributed by atoms with van der Waals surface area (Å²) in [7, 11) is 0. The minimum atomic E-state index is -4.29. The summed E-state index contributed by atoms with van der Waals surface area (Å²) in [6.07, 6.45) is -3.70. The summed E-state index contributed by atoms with van der Waals surface area (Å²) < 4.78 is 41.5. The Balaban J connectivity index is 0.000000631. The predicted octanol–water partition coefficient (Wildman–Crippen LogP) is 4.41. The van der Waals surface area contributed by atoms with Gasteiger partial charge in [0.1, 0.15) is 5.75 Å². The van der Waals surface area contributed by atoms with E-state index in [9.17, 15) is 13.2 Å². The van der Waals surface area contributed by atoms with Crippen molar-refractivity contribution in [2.45, 2.75) is 27.4 Å². The van der Waals surface area contributed by atoms with Crippen molar-refractivity contribution in [2.75, 3.05) is 6.61 Å². The van der Waals surface area contributed by atoms with Crippen molar-refractivity contribution < 1.29 is 17.9 Å². The van der Waals surface area contributed by atoms with E-state index in [1.807, 2.05) is 0 Å². The van der Waals surface area contributed by atoms with Crippen LogP contribution in [0.1, 0.15) is 12.0 Å². The first-order valence-electron chi connectivity index (χ1n) is 5.86. The molecule has 1 rings (SSSR count). The van der Waals surface area contributed by atoms with E-state index in [2.05, 4.69) is 21.7 Å². The molecule has 0 aliphatic carbocycles. The van der Waals surface area contributed by atoms with Gasteiger partial charge in [0.15, 0.2) is 0 Å². The van der Waals surface area contributed by atoms with E-state index in [-0.39, 0.29) is 0 Å². The molecule has 0 aromatic heterocycles. The molecule has 0 heterocycles. The number of hydrogen-bond acceptors (Lipinski definition) is 1. The molecule has 1 nitrogen and oxygen atoms in total. The van der Waals surface area contributed by atoms with Crippen LogP contribution in [0.2, 0.25) is 14.8 Å². The van der Waals surface area contributed by atoms with Crippen molar-refractivity contribution in [3.63, 3.8) is 0 Å². The normalized spacial score (nSPS) is 10.9. The molecule has 0 saturated heterocycles. The van der Waals surface area contributed by atoms with Crippen LogP contribution >= 0.6 is 0 Å². The Labute approximate surface area is 114 Å². The van der Waals surface area contributed by atoms with Crippen LogP contribution in [0.15, 0.2) is 24.3 Å². The van der Waals surface area contributed by atoms with Gasteiger partial charge in [-0.1, -0.05) is 0 Å². The number of hydrogen-bond donors (Lipinski definition) is 0. The van der Waals surface area contributed by atoms with Crippen molar-refractivity contribution in [1.82, 2.24) is 0 Å². The number of alkyl halides is 3. The zero-order valence-electron chi connectivity index (χ0n) is 11.1. The van der Waals surface area contributed by atoms with E-state index in [0.717, 1.165) is 12.1 Å². The van der Waals surface area contributed by atoms with Crippen LogP contribution in [0.4, 0.5) is 13.2 Å². The first-order chi connectivity index (χ1) is 8.27. The molecule has 0 aliphatic rings. The van der Waals surface area contributed by atoms with E-state index >= 15 is 0 Å². The van der Waals surface area contributed by atoms with Crippen LogP contribution in [-0.4, -0.2) is 26.4 Å². The van der Waals surface area contributed by atoms with Crippen molar-refractivity contribution in [2.24, 2.45) is 0 Å². The van der Waals surface area contributed by atoms with Crippen LogP contribution in [-0.2, 0) is 6.18 Å². The van der Waals surface area contributed by atoms with Crippen LogP contribution < -0.4 is 4.74 Å². The topological polar surface area (TPSA) is 9.23 Å². The summed E-state index contributed by atoms with van der Waals surface area (Å²) in [5.41, 5.74) is -0.667. The number of ether oxygens (including phenoxy) is 1. The molecule has 5 heteroatoms. The Morgan fingerprint density at radius 3 is 1.89 bits per heavy atom. The second-order valence-corrected chi connectivity index (χ2v) is 14.3. The molecule has 0 saturated carbocycles. The Morgan fingerprint density at radius 2 is 1.56 bits per heavy atom. The molecule has 0 fully saturated rings. The molecule has 0 unspecified atom stereocenters. The summed E-state index contributed by atoms with van der Waals surface area (Å²) in [6, 6.07) is 4.60. The van der Waals surface area contributed by atoms with Gasteiger partial charge in [0.2, 0.25) is 0 Å². The standard InChI is InChI=1S/C10H10F3O.3CH3.Sn.H/c1-2-7-14-9-5-3-8(4-6-9)10(11,12)13;;;;;/h3-6H,1-2,7H2;3*1H3;;. The minimum absolute atomic E-state index is 0.408. The summed E-state index contributed by atoms with van der Waals surface area (Å²) in [5, 5.41) is 0. The third kappa shape index (κ3) is 8.66. The molecular formula is C13H20F3OSn. The Morgan fingerprint density at radius 1 is 1.11 bits per heavy atom. The summed E-state index contributed by atoms with van der Waals surface area (Å²) in [4.78, 5) is 7.13. The number of halogens is 3. The molecule has 0 amide bonds. The van der Waals surface area contributed by atoms with E-state index < -0.39 is 31.5 Å². The van der Waals surface area contributed by atoms with Crippen molar-refractivity contribution in [3.8, 4) is 5.75 Å². The van der Waals surface area contributed by atoms with E-state index in [1.165, 1.54) is 12.1 Å². The molecule has 18 heavy (non-hydrogen) atoms. The molecular weight excluding hydrogens is 348 g/mol. The first-order valence-corrected chi connectivity index (χ1v) is 15.8. The molecule has 1 aromatic rings. The number of benzene rings is 1. The third-order valence-electron chi connectivity index (χ3n) is 1.59. The van der Waals surface area contributed by atoms with Gasteiger partial charge >= 0.3 is 40.8 Å². The average Bonchev–Trinajstić information content (AvgIpc) is 2.25. The van der Waals surface area contributed by atoms with Gasteiger partial charge in [-0.2, -0.15) is 13.2 Å². The van der Waals surface area contributed by atoms with Crippen LogP contribution in [0.25, 0.3) is 0 Å². The average molecular weight is 368 g/mol. The Hall–Kier alpha value is -0.391. The number of rotatable bonds is 3. The van der Waals surface area contributed by atoms with Crippen molar-refractivity contribution >= 4 is 19.8 Å². The SMILES string of the molecule is [CH2]CCOc1ccc(C(F)(F)F)cc1.[CH3][SnH]([CH3])[CH3]. The van der Waals surface area contributed by atoms with Crippen molar-refractivity contribution in [3.05, 3.63) is 36.8 Å². The second-order valence-electron chi connectivity index (χ2n) is 4.46. The van der Waals surface area contributed by atoms with Gasteiger partial charge in [-0.15, -0.1) is 0 Å². The fourth-order valence-corrected chi connectivity index (χ4v) is 0.930. The van der Waals surface area contributed by atoms with Crippen LogP contribution in [0, 0.1) is 6.92 Å². The van der Waals surface area contributed by atoms with E-state index in [1.54, 1.807) is 0 Å². The summed E-state index contributed by atoms with van der Waals surface area (Å²) >= 11 is -0.637. The summed E-state index contributed by atoms with van der Waals surface area (Å²) in [5.74, 6) is 0.432. The molecule has 0 spiro atoms. The summed E-state index contributed by atoms with van der Waals surface area (Å²) in [6.45, 7) is 3.96. The molecule has 0 atom stereocenters. The quantitative estimate of drug-likeness (QED) is 0.719. The van der Waals surface area contributed by atoms with Gasteiger partial charge < -0.3 is 4.74 Å². The fourth-order valence-electron chi connectivity index (χ4n) is 0.930. The third-order valence-corrected chi connectivity index (χ3v) is 1.59. The van der Waals surface area contributed by atoms with Crippen LogP contribution in [0.5, 0.6) is 5.75 Å². The first kappa shape index (κ1) is 17.6. The molecule has 0 bridgehead atoms. The zero-order valence-corrected chi connectivity index (χ0v) is 14.3. The fraction of sp³-hybridized carbons (Fsp3) is 0.462. The monoisotopic (exact) mass is 369 g/mol.